The van der Waals surface area contributed by atoms with E-state index < -0.39 is 0 Å². The molecular weight excluding hydrogens is 402 g/mol. The Hall–Kier alpha value is -0.650. The van der Waals surface area contributed by atoms with Crippen LogP contribution in [-0.4, -0.2) is 17.4 Å². The van der Waals surface area contributed by atoms with Gasteiger partial charge in [-0.1, -0.05) is 22.0 Å². The summed E-state index contributed by atoms with van der Waals surface area (Å²) in [5, 5.41) is 0. The molecule has 1 aromatic carbocycles. The molecule has 0 bridgehead atoms. The molecule has 0 radical (unpaired) electrons. The summed E-state index contributed by atoms with van der Waals surface area (Å²) in [6, 6.07) is 9.81. The molecule has 0 saturated carbocycles. The molecule has 0 saturated heterocycles. The molecule has 0 spiro atoms. The average Bonchev–Trinajstić information content (AvgIpc) is 2.84. The molecule has 0 aliphatic carbocycles. The summed E-state index contributed by atoms with van der Waals surface area (Å²) < 4.78 is 2.06. The zero-order chi connectivity index (χ0) is 14.7. The van der Waals surface area contributed by atoms with E-state index in [1.165, 1.54) is 4.88 Å². The van der Waals surface area contributed by atoms with Crippen LogP contribution >= 0.6 is 43.2 Å². The van der Waals surface area contributed by atoms with Crippen molar-refractivity contribution >= 4 is 49.1 Å². The van der Waals surface area contributed by atoms with Crippen molar-refractivity contribution < 1.29 is 4.79 Å². The molecule has 1 aromatic heterocycles. The summed E-state index contributed by atoms with van der Waals surface area (Å²) in [6.07, 6.45) is 0. The van der Waals surface area contributed by atoms with Crippen molar-refractivity contribution in [3.05, 3.63) is 54.6 Å². The molecule has 2 aromatic rings. The van der Waals surface area contributed by atoms with E-state index in [1.807, 2.05) is 43.0 Å². The predicted octanol–water partition coefficient (Wildman–Crippen LogP) is 5.24. The zero-order valence-electron chi connectivity index (χ0n) is 11.3. The van der Waals surface area contributed by atoms with Crippen LogP contribution in [0.25, 0.3) is 0 Å². The van der Waals surface area contributed by atoms with Crippen molar-refractivity contribution in [2.24, 2.45) is 0 Å². The molecule has 0 unspecified atom stereocenters. The van der Waals surface area contributed by atoms with Gasteiger partial charge in [0.1, 0.15) is 0 Å². The zero-order valence-corrected chi connectivity index (χ0v) is 15.3. The first-order valence-electron chi connectivity index (χ1n) is 6.31. The molecule has 5 heteroatoms. The van der Waals surface area contributed by atoms with Crippen LogP contribution in [0.4, 0.5) is 0 Å². The van der Waals surface area contributed by atoms with E-state index in [9.17, 15) is 4.79 Å². The summed E-state index contributed by atoms with van der Waals surface area (Å²) in [5.41, 5.74) is 1.75. The van der Waals surface area contributed by atoms with E-state index in [-0.39, 0.29) is 5.91 Å². The van der Waals surface area contributed by atoms with Gasteiger partial charge in [0.2, 0.25) is 0 Å². The van der Waals surface area contributed by atoms with Gasteiger partial charge >= 0.3 is 0 Å². The van der Waals surface area contributed by atoms with Gasteiger partial charge in [-0.15, -0.1) is 11.3 Å². The van der Waals surface area contributed by atoms with Crippen molar-refractivity contribution in [3.8, 4) is 0 Å². The molecule has 2 rings (SSSR count). The second kappa shape index (κ2) is 6.87. The Labute approximate surface area is 140 Å². The lowest BCUT2D eigenvalue weighted by Gasteiger charge is -2.21. The number of carbonyl (C=O) groups excluding carboxylic acids is 1. The standard InChI is InChI=1S/C15H15Br2NOS/c1-3-18(9-11-7-8-14(17)20-11)15(19)12-5-4-6-13(16)10(12)2/h4-8H,3,9H2,1-2H3. The first-order valence-corrected chi connectivity index (χ1v) is 8.71. The molecule has 0 aliphatic rings. The number of rotatable bonds is 4. The number of hydrogen-bond donors (Lipinski definition) is 0. The fourth-order valence-electron chi connectivity index (χ4n) is 1.96. The van der Waals surface area contributed by atoms with Crippen LogP contribution in [0.1, 0.15) is 27.7 Å². The molecule has 0 aliphatic heterocycles. The molecule has 106 valence electrons. The minimum Gasteiger partial charge on any atom is -0.334 e. The predicted molar refractivity (Wildman–Crippen MR) is 91.3 cm³/mol. The molecule has 1 amide bonds. The third-order valence-corrected chi connectivity index (χ3v) is 5.61. The molecule has 2 nitrogen and oxygen atoms in total. The van der Waals surface area contributed by atoms with Gasteiger partial charge in [0.05, 0.1) is 10.3 Å². The molecule has 0 N–H and O–H groups in total. The summed E-state index contributed by atoms with van der Waals surface area (Å²) in [4.78, 5) is 15.7. The third kappa shape index (κ3) is 3.51. The largest absolute Gasteiger partial charge is 0.334 e. The number of benzene rings is 1. The topological polar surface area (TPSA) is 20.3 Å². The van der Waals surface area contributed by atoms with Gasteiger partial charge in [-0.2, -0.15) is 0 Å². The van der Waals surface area contributed by atoms with E-state index in [0.717, 1.165) is 19.4 Å². The minimum absolute atomic E-state index is 0.0795. The monoisotopic (exact) mass is 415 g/mol. The van der Waals surface area contributed by atoms with Crippen molar-refractivity contribution in [2.75, 3.05) is 6.54 Å². The highest BCUT2D eigenvalue weighted by molar-refractivity contribution is 9.11. The number of hydrogen-bond acceptors (Lipinski definition) is 2. The van der Waals surface area contributed by atoms with Crippen molar-refractivity contribution in [1.82, 2.24) is 4.90 Å². The fourth-order valence-corrected chi connectivity index (χ4v) is 3.83. The normalized spacial score (nSPS) is 10.6. The van der Waals surface area contributed by atoms with Crippen LogP contribution in [0.2, 0.25) is 0 Å². The minimum atomic E-state index is 0.0795. The lowest BCUT2D eigenvalue weighted by Crippen LogP contribution is -2.30. The quantitative estimate of drug-likeness (QED) is 0.666. The van der Waals surface area contributed by atoms with Gasteiger partial charge in [0.15, 0.2) is 0 Å². The maximum Gasteiger partial charge on any atom is 0.254 e. The molecule has 0 atom stereocenters. The first-order chi connectivity index (χ1) is 9.52. The number of carbonyl (C=O) groups is 1. The highest BCUT2D eigenvalue weighted by atomic mass is 79.9. The van der Waals surface area contributed by atoms with E-state index in [2.05, 4.69) is 37.9 Å². The third-order valence-electron chi connectivity index (χ3n) is 3.14. The highest BCUT2D eigenvalue weighted by Gasteiger charge is 2.18. The Kier molecular flexibility index (Phi) is 5.41. The van der Waals surface area contributed by atoms with Crippen molar-refractivity contribution in [2.45, 2.75) is 20.4 Å². The van der Waals surface area contributed by atoms with Crippen molar-refractivity contribution in [1.29, 1.82) is 0 Å². The first kappa shape index (κ1) is 15.7. The molecule has 0 fully saturated rings. The Morgan fingerprint density at radius 1 is 1.25 bits per heavy atom. The van der Waals surface area contributed by atoms with Crippen LogP contribution in [0.3, 0.4) is 0 Å². The highest BCUT2D eigenvalue weighted by Crippen LogP contribution is 2.25. The van der Waals surface area contributed by atoms with E-state index in [1.54, 1.807) is 11.3 Å². The Bertz CT molecular complexity index is 624. The second-order valence-electron chi connectivity index (χ2n) is 4.44. The smallest absolute Gasteiger partial charge is 0.254 e. The van der Waals surface area contributed by atoms with Gasteiger partial charge in [0, 0.05) is 21.5 Å². The molecule has 20 heavy (non-hydrogen) atoms. The second-order valence-corrected chi connectivity index (χ2v) is 7.84. The number of thiophene rings is 1. The number of halogens is 2. The van der Waals surface area contributed by atoms with E-state index in [0.29, 0.717) is 13.1 Å². The maximum absolute atomic E-state index is 12.7. The summed E-state index contributed by atoms with van der Waals surface area (Å²) in [5.74, 6) is 0.0795. The van der Waals surface area contributed by atoms with E-state index in [4.69, 9.17) is 0 Å². The van der Waals surface area contributed by atoms with Gasteiger partial charge in [-0.3, -0.25) is 4.79 Å². The lowest BCUT2D eigenvalue weighted by molar-refractivity contribution is 0.0753. The number of nitrogens with zero attached hydrogens (tertiary/aromatic N) is 1. The van der Waals surface area contributed by atoms with Gasteiger partial charge in [-0.25, -0.2) is 0 Å². The van der Waals surface area contributed by atoms with Crippen LogP contribution in [-0.2, 0) is 6.54 Å². The van der Waals surface area contributed by atoms with E-state index >= 15 is 0 Å². The van der Waals surface area contributed by atoms with Gasteiger partial charge in [-0.05, 0) is 59.6 Å². The maximum atomic E-state index is 12.7. The fraction of sp³-hybridized carbons (Fsp3) is 0.267. The van der Waals surface area contributed by atoms with Crippen LogP contribution in [0.5, 0.6) is 0 Å². The van der Waals surface area contributed by atoms with Crippen LogP contribution < -0.4 is 0 Å². The SMILES string of the molecule is CCN(Cc1ccc(Br)s1)C(=O)c1cccc(Br)c1C. The van der Waals surface area contributed by atoms with Gasteiger partial charge in [0.25, 0.3) is 5.91 Å². The molecule has 1 heterocycles. The summed E-state index contributed by atoms with van der Waals surface area (Å²) in [7, 11) is 0. The Morgan fingerprint density at radius 2 is 2.00 bits per heavy atom. The van der Waals surface area contributed by atoms with Crippen molar-refractivity contribution in [3.63, 3.8) is 0 Å². The summed E-state index contributed by atoms with van der Waals surface area (Å²) >= 11 is 8.60. The Balaban J connectivity index is 2.23. The van der Waals surface area contributed by atoms with Crippen LogP contribution in [0.15, 0.2) is 38.6 Å². The van der Waals surface area contributed by atoms with Crippen LogP contribution in [0, 0.1) is 6.92 Å². The number of amides is 1. The van der Waals surface area contributed by atoms with Gasteiger partial charge < -0.3 is 4.90 Å². The molecular formula is C15H15Br2NOS. The lowest BCUT2D eigenvalue weighted by atomic mass is 10.1. The average molecular weight is 417 g/mol. The summed E-state index contributed by atoms with van der Waals surface area (Å²) in [6.45, 7) is 5.32. The Morgan fingerprint density at radius 3 is 2.60 bits per heavy atom.